The third-order valence-electron chi connectivity index (χ3n) is 5.13. The van der Waals surface area contributed by atoms with Crippen molar-refractivity contribution >= 4 is 33.4 Å². The molecule has 1 aromatic heterocycles. The van der Waals surface area contributed by atoms with Gasteiger partial charge in [0.1, 0.15) is 0 Å². The number of benzene rings is 2. The third kappa shape index (κ3) is 5.09. The predicted molar refractivity (Wildman–Crippen MR) is 122 cm³/mol. The molecule has 168 valence electrons. The molecule has 1 N–H and O–H groups in total. The standard InChI is InChI=1S/C23H23ClN2O5S/c1-15-11-19(16(2)26(15)13-17-7-5-4-6-8-17)22(27)14-31-23(28)20-12-18(9-10-21(20)24)32(29,30)25-3/h4-12,25H,13-14H2,1-3H3. The summed E-state index contributed by atoms with van der Waals surface area (Å²) in [5, 5.41) is 0.0264. The number of carbonyl (C=O) groups is 2. The van der Waals surface area contributed by atoms with Crippen LogP contribution in [0.15, 0.2) is 59.5 Å². The van der Waals surface area contributed by atoms with Crippen molar-refractivity contribution in [2.24, 2.45) is 0 Å². The van der Waals surface area contributed by atoms with Gasteiger partial charge in [-0.2, -0.15) is 0 Å². The molecule has 7 nitrogen and oxygen atoms in total. The van der Waals surface area contributed by atoms with Gasteiger partial charge in [-0.15, -0.1) is 0 Å². The largest absolute Gasteiger partial charge is 0.454 e. The lowest BCUT2D eigenvalue weighted by atomic mass is 10.1. The fourth-order valence-electron chi connectivity index (χ4n) is 3.33. The summed E-state index contributed by atoms with van der Waals surface area (Å²) >= 11 is 6.04. The lowest BCUT2D eigenvalue weighted by Gasteiger charge is -2.10. The Hall–Kier alpha value is -2.94. The molecule has 9 heteroatoms. The molecule has 3 aromatic rings. The van der Waals surface area contributed by atoms with Crippen molar-refractivity contribution < 1.29 is 22.7 Å². The first-order chi connectivity index (χ1) is 15.1. The van der Waals surface area contributed by atoms with Gasteiger partial charge in [0.2, 0.25) is 15.8 Å². The fraction of sp³-hybridized carbons (Fsp3) is 0.217. The number of carbonyl (C=O) groups excluding carboxylic acids is 2. The average Bonchev–Trinajstić information content (AvgIpc) is 3.06. The van der Waals surface area contributed by atoms with Crippen LogP contribution in [-0.4, -0.2) is 38.4 Å². The third-order valence-corrected chi connectivity index (χ3v) is 6.87. The van der Waals surface area contributed by atoms with Crippen molar-refractivity contribution in [2.75, 3.05) is 13.7 Å². The van der Waals surface area contributed by atoms with Crippen molar-refractivity contribution in [3.8, 4) is 0 Å². The van der Waals surface area contributed by atoms with Gasteiger partial charge in [-0.05, 0) is 50.7 Å². The summed E-state index contributed by atoms with van der Waals surface area (Å²) < 4.78 is 33.3. The number of ether oxygens (including phenoxy) is 1. The highest BCUT2D eigenvalue weighted by Crippen LogP contribution is 2.22. The molecular formula is C23H23ClN2O5S. The molecule has 0 atom stereocenters. The number of hydrogen-bond donors (Lipinski definition) is 1. The van der Waals surface area contributed by atoms with Gasteiger partial charge >= 0.3 is 5.97 Å². The molecule has 3 rings (SSSR count). The first kappa shape index (κ1) is 23.7. The number of aryl methyl sites for hydroxylation is 1. The molecule has 0 saturated heterocycles. The summed E-state index contributed by atoms with van der Waals surface area (Å²) in [6, 6.07) is 15.3. The lowest BCUT2D eigenvalue weighted by Crippen LogP contribution is -2.20. The second-order valence-electron chi connectivity index (χ2n) is 7.21. The number of esters is 1. The van der Waals surface area contributed by atoms with Crippen molar-refractivity contribution in [2.45, 2.75) is 25.3 Å². The molecule has 32 heavy (non-hydrogen) atoms. The van der Waals surface area contributed by atoms with E-state index in [1.807, 2.05) is 48.7 Å². The van der Waals surface area contributed by atoms with E-state index in [4.69, 9.17) is 16.3 Å². The Morgan fingerprint density at radius 1 is 1.03 bits per heavy atom. The monoisotopic (exact) mass is 474 g/mol. The number of nitrogens with one attached hydrogen (secondary N) is 1. The van der Waals surface area contributed by atoms with Gasteiger partial charge < -0.3 is 9.30 Å². The number of ketones is 1. The maximum Gasteiger partial charge on any atom is 0.340 e. The molecule has 0 spiro atoms. The van der Waals surface area contributed by atoms with Crippen LogP contribution in [-0.2, 0) is 21.3 Å². The van der Waals surface area contributed by atoms with Crippen LogP contribution in [0.2, 0.25) is 5.02 Å². The predicted octanol–water partition coefficient (Wildman–Crippen LogP) is 3.75. The first-order valence-electron chi connectivity index (χ1n) is 9.78. The molecule has 0 aliphatic carbocycles. The van der Waals surface area contributed by atoms with E-state index < -0.39 is 22.6 Å². The van der Waals surface area contributed by atoms with E-state index in [-0.39, 0.29) is 21.3 Å². The summed E-state index contributed by atoms with van der Waals surface area (Å²) in [6.45, 7) is 3.88. The molecule has 0 radical (unpaired) electrons. The summed E-state index contributed by atoms with van der Waals surface area (Å²) in [7, 11) is -2.51. The van der Waals surface area contributed by atoms with Crippen molar-refractivity contribution in [3.63, 3.8) is 0 Å². The van der Waals surface area contributed by atoms with E-state index in [0.29, 0.717) is 12.1 Å². The van der Waals surface area contributed by atoms with Gasteiger partial charge in [0, 0.05) is 23.5 Å². The highest BCUT2D eigenvalue weighted by Gasteiger charge is 2.21. The molecule has 0 aliphatic rings. The number of halogens is 1. The normalized spacial score (nSPS) is 11.4. The van der Waals surface area contributed by atoms with Gasteiger partial charge in [0.05, 0.1) is 15.5 Å². The number of hydrogen-bond acceptors (Lipinski definition) is 5. The van der Waals surface area contributed by atoms with Crippen LogP contribution in [0.25, 0.3) is 0 Å². The second-order valence-corrected chi connectivity index (χ2v) is 9.50. The quantitative estimate of drug-likeness (QED) is 0.396. The molecule has 0 aliphatic heterocycles. The summed E-state index contributed by atoms with van der Waals surface area (Å²) in [5.41, 5.74) is 3.11. The highest BCUT2D eigenvalue weighted by atomic mass is 35.5. The van der Waals surface area contributed by atoms with Gasteiger partial charge in [0.25, 0.3) is 0 Å². The molecule has 0 unspecified atom stereocenters. The molecule has 2 aromatic carbocycles. The fourth-order valence-corrected chi connectivity index (χ4v) is 4.28. The summed E-state index contributed by atoms with van der Waals surface area (Å²) in [6.07, 6.45) is 0. The molecule has 0 bridgehead atoms. The second kappa shape index (κ2) is 9.68. The Bertz CT molecular complexity index is 1270. The van der Waals surface area contributed by atoms with Crippen LogP contribution in [0.5, 0.6) is 0 Å². The number of aromatic nitrogens is 1. The van der Waals surface area contributed by atoms with Crippen LogP contribution < -0.4 is 4.72 Å². The molecule has 1 heterocycles. The van der Waals surface area contributed by atoms with Crippen molar-refractivity contribution in [3.05, 3.63) is 87.7 Å². The minimum Gasteiger partial charge on any atom is -0.454 e. The SMILES string of the molecule is CNS(=O)(=O)c1ccc(Cl)c(C(=O)OCC(=O)c2cc(C)n(Cc3ccccc3)c2C)c1. The number of nitrogens with zero attached hydrogens (tertiary/aromatic N) is 1. The van der Waals surface area contributed by atoms with Crippen LogP contribution in [0.3, 0.4) is 0 Å². The minimum absolute atomic E-state index is 0.0264. The van der Waals surface area contributed by atoms with Gasteiger partial charge in [-0.25, -0.2) is 17.9 Å². The Balaban J connectivity index is 1.75. The first-order valence-corrected chi connectivity index (χ1v) is 11.6. The summed E-state index contributed by atoms with van der Waals surface area (Å²) in [5.74, 6) is -1.24. The van der Waals surface area contributed by atoms with E-state index in [1.54, 1.807) is 6.07 Å². The van der Waals surface area contributed by atoms with Gasteiger partial charge in [-0.1, -0.05) is 41.9 Å². The number of Topliss-reactive ketones (excluding diaryl/α,β-unsaturated/α-hetero) is 1. The van der Waals surface area contributed by atoms with Gasteiger partial charge in [0.15, 0.2) is 6.61 Å². The molecule has 0 amide bonds. The number of rotatable bonds is 8. The zero-order valence-corrected chi connectivity index (χ0v) is 19.5. The highest BCUT2D eigenvalue weighted by molar-refractivity contribution is 7.89. The molecule has 0 saturated carbocycles. The lowest BCUT2D eigenvalue weighted by molar-refractivity contribution is 0.0474. The smallest absolute Gasteiger partial charge is 0.340 e. The van der Waals surface area contributed by atoms with Crippen LogP contribution in [0.4, 0.5) is 0 Å². The minimum atomic E-state index is -3.76. The van der Waals surface area contributed by atoms with Crippen molar-refractivity contribution in [1.82, 2.24) is 9.29 Å². The Labute approximate surface area is 192 Å². The average molecular weight is 475 g/mol. The zero-order chi connectivity index (χ0) is 23.5. The van der Waals surface area contributed by atoms with Crippen LogP contribution in [0.1, 0.15) is 37.7 Å². The number of sulfonamides is 1. The molecular weight excluding hydrogens is 452 g/mol. The van der Waals surface area contributed by atoms with E-state index >= 15 is 0 Å². The van der Waals surface area contributed by atoms with Crippen molar-refractivity contribution in [1.29, 1.82) is 0 Å². The van der Waals surface area contributed by atoms with E-state index in [0.717, 1.165) is 23.0 Å². The van der Waals surface area contributed by atoms with E-state index in [2.05, 4.69) is 4.72 Å². The Morgan fingerprint density at radius 3 is 2.38 bits per heavy atom. The van der Waals surface area contributed by atoms with E-state index in [9.17, 15) is 18.0 Å². The maximum atomic E-state index is 12.7. The Morgan fingerprint density at radius 2 is 1.72 bits per heavy atom. The zero-order valence-electron chi connectivity index (χ0n) is 17.9. The molecule has 0 fully saturated rings. The van der Waals surface area contributed by atoms with Crippen LogP contribution in [0, 0.1) is 13.8 Å². The summed E-state index contributed by atoms with van der Waals surface area (Å²) in [4.78, 5) is 25.1. The Kier molecular flexibility index (Phi) is 7.18. The maximum absolute atomic E-state index is 12.7. The van der Waals surface area contributed by atoms with E-state index in [1.165, 1.54) is 19.2 Å². The van der Waals surface area contributed by atoms with Crippen LogP contribution >= 0.6 is 11.6 Å². The van der Waals surface area contributed by atoms with Gasteiger partial charge in [-0.3, -0.25) is 4.79 Å². The topological polar surface area (TPSA) is 94.5 Å².